The van der Waals surface area contributed by atoms with Crippen molar-refractivity contribution in [2.45, 2.75) is 32.2 Å². The van der Waals surface area contributed by atoms with Crippen LogP contribution in [0.5, 0.6) is 0 Å². The Morgan fingerprint density at radius 3 is 2.45 bits per heavy atom. The van der Waals surface area contributed by atoms with E-state index in [4.69, 9.17) is 4.42 Å². The average molecular weight is 395 g/mol. The van der Waals surface area contributed by atoms with Gasteiger partial charge in [-0.1, -0.05) is 0 Å². The van der Waals surface area contributed by atoms with Gasteiger partial charge >= 0.3 is 6.03 Å². The van der Waals surface area contributed by atoms with Gasteiger partial charge in [0.2, 0.25) is 5.91 Å². The maximum atomic E-state index is 12.9. The van der Waals surface area contributed by atoms with Gasteiger partial charge in [0, 0.05) is 24.2 Å². The molecular formula is C21H21N3O5. The van der Waals surface area contributed by atoms with Gasteiger partial charge in [-0.3, -0.25) is 19.3 Å². The summed E-state index contributed by atoms with van der Waals surface area (Å²) < 4.78 is 5.52. The first-order chi connectivity index (χ1) is 13.8. The van der Waals surface area contributed by atoms with Gasteiger partial charge in [-0.25, -0.2) is 4.79 Å². The Labute approximate surface area is 167 Å². The molecule has 29 heavy (non-hydrogen) atoms. The minimum Gasteiger partial charge on any atom is -0.463 e. The first-order valence-corrected chi connectivity index (χ1v) is 9.44. The topological polar surface area (TPSA) is 99.9 Å². The summed E-state index contributed by atoms with van der Waals surface area (Å²) >= 11 is 0. The van der Waals surface area contributed by atoms with Crippen molar-refractivity contribution in [3.05, 3.63) is 53.5 Å². The Morgan fingerprint density at radius 1 is 1.14 bits per heavy atom. The highest BCUT2D eigenvalue weighted by molar-refractivity contribution is 6.11. The summed E-state index contributed by atoms with van der Waals surface area (Å²) in [5, 5.41) is 2.61. The molecule has 2 aliphatic heterocycles. The quantitative estimate of drug-likeness (QED) is 0.619. The van der Waals surface area contributed by atoms with Gasteiger partial charge in [0.15, 0.2) is 11.3 Å². The molecule has 2 aliphatic rings. The van der Waals surface area contributed by atoms with E-state index in [0.29, 0.717) is 30.0 Å². The number of carbonyl (C=O) groups excluding carboxylic acids is 4. The molecule has 150 valence electrons. The number of Topliss-reactive ketones (excluding diaryl/α,β-unsaturated/α-hetero) is 1. The first-order valence-electron chi connectivity index (χ1n) is 9.44. The van der Waals surface area contributed by atoms with Gasteiger partial charge in [0.1, 0.15) is 11.5 Å². The SMILES string of the molecule is Cc1ccc(C2(C)NC(=O)N(CC(=O)c3ccc(N4CCCC4=O)cc3)C2=O)o1. The van der Waals surface area contributed by atoms with Crippen molar-refractivity contribution in [1.82, 2.24) is 10.2 Å². The maximum Gasteiger partial charge on any atom is 0.325 e. The summed E-state index contributed by atoms with van der Waals surface area (Å²) in [5.41, 5.74) is -0.241. The van der Waals surface area contributed by atoms with Gasteiger partial charge in [-0.05, 0) is 56.7 Å². The third kappa shape index (κ3) is 3.20. The number of benzene rings is 1. The van der Waals surface area contributed by atoms with Crippen LogP contribution in [0.25, 0.3) is 0 Å². The van der Waals surface area contributed by atoms with Crippen LogP contribution in [0.2, 0.25) is 0 Å². The number of ketones is 1. The molecule has 0 spiro atoms. The molecule has 2 saturated heterocycles. The summed E-state index contributed by atoms with van der Waals surface area (Å²) in [6.45, 7) is 3.59. The van der Waals surface area contributed by atoms with E-state index in [1.54, 1.807) is 55.1 Å². The molecule has 0 radical (unpaired) electrons. The minimum atomic E-state index is -1.34. The number of urea groups is 1. The van der Waals surface area contributed by atoms with E-state index < -0.39 is 17.5 Å². The average Bonchev–Trinajstić information content (AvgIpc) is 3.38. The van der Waals surface area contributed by atoms with Crippen LogP contribution in [-0.2, 0) is 15.1 Å². The van der Waals surface area contributed by atoms with Crippen LogP contribution in [0.4, 0.5) is 10.5 Å². The fourth-order valence-electron chi connectivity index (χ4n) is 3.69. The van der Waals surface area contributed by atoms with Crippen LogP contribution >= 0.6 is 0 Å². The molecule has 0 bridgehead atoms. The molecule has 0 aliphatic carbocycles. The molecule has 4 amide bonds. The van der Waals surface area contributed by atoms with E-state index in [1.165, 1.54) is 0 Å². The highest BCUT2D eigenvalue weighted by Crippen LogP contribution is 2.30. The van der Waals surface area contributed by atoms with Crippen molar-refractivity contribution < 1.29 is 23.6 Å². The van der Waals surface area contributed by atoms with Crippen molar-refractivity contribution in [3.8, 4) is 0 Å². The van der Waals surface area contributed by atoms with Gasteiger partial charge in [0.25, 0.3) is 5.91 Å². The molecule has 8 heteroatoms. The number of rotatable bonds is 5. The number of nitrogens with one attached hydrogen (secondary N) is 1. The maximum absolute atomic E-state index is 12.9. The number of anilines is 1. The first kappa shape index (κ1) is 18.9. The number of amides is 4. The molecular weight excluding hydrogens is 374 g/mol. The molecule has 4 rings (SSSR count). The van der Waals surface area contributed by atoms with E-state index in [-0.39, 0.29) is 18.2 Å². The lowest BCUT2D eigenvalue weighted by molar-refractivity contribution is -0.131. The second-order valence-electron chi connectivity index (χ2n) is 7.48. The predicted molar refractivity (Wildman–Crippen MR) is 103 cm³/mol. The Morgan fingerprint density at radius 2 is 1.86 bits per heavy atom. The third-order valence-corrected chi connectivity index (χ3v) is 5.38. The summed E-state index contributed by atoms with van der Waals surface area (Å²) in [6.07, 6.45) is 1.35. The molecule has 1 unspecified atom stereocenters. The summed E-state index contributed by atoms with van der Waals surface area (Å²) in [5.74, 6) is 0.102. The van der Waals surface area contributed by atoms with Gasteiger partial charge in [-0.2, -0.15) is 0 Å². The Hall–Kier alpha value is -3.42. The Bertz CT molecular complexity index is 1010. The van der Waals surface area contributed by atoms with E-state index >= 15 is 0 Å². The lowest BCUT2D eigenvalue weighted by Crippen LogP contribution is -2.41. The fraction of sp³-hybridized carbons (Fsp3) is 0.333. The van der Waals surface area contributed by atoms with Crippen molar-refractivity contribution in [3.63, 3.8) is 0 Å². The molecule has 1 aromatic carbocycles. The number of imide groups is 1. The number of furan rings is 1. The number of hydrogen-bond acceptors (Lipinski definition) is 5. The Kier molecular flexibility index (Phi) is 4.49. The second-order valence-corrected chi connectivity index (χ2v) is 7.48. The van der Waals surface area contributed by atoms with Crippen LogP contribution in [-0.4, -0.2) is 41.6 Å². The van der Waals surface area contributed by atoms with Crippen LogP contribution in [0.3, 0.4) is 0 Å². The molecule has 1 aromatic heterocycles. The molecule has 2 fully saturated rings. The molecule has 0 saturated carbocycles. The largest absolute Gasteiger partial charge is 0.463 e. The van der Waals surface area contributed by atoms with Crippen LogP contribution in [0.15, 0.2) is 40.8 Å². The number of carbonyl (C=O) groups is 4. The monoisotopic (exact) mass is 395 g/mol. The normalized spacial score (nSPS) is 21.8. The van der Waals surface area contributed by atoms with E-state index in [9.17, 15) is 19.2 Å². The number of nitrogens with zero attached hydrogens (tertiary/aromatic N) is 2. The highest BCUT2D eigenvalue weighted by Gasteiger charge is 2.51. The predicted octanol–water partition coefficient (Wildman–Crippen LogP) is 2.36. The van der Waals surface area contributed by atoms with Crippen molar-refractivity contribution in [2.24, 2.45) is 0 Å². The number of hydrogen-bond donors (Lipinski definition) is 1. The van der Waals surface area contributed by atoms with Gasteiger partial charge < -0.3 is 14.6 Å². The van der Waals surface area contributed by atoms with Crippen LogP contribution < -0.4 is 10.2 Å². The molecule has 2 aromatic rings. The zero-order valence-corrected chi connectivity index (χ0v) is 16.2. The standard InChI is InChI=1S/C21H21N3O5/c1-13-5-10-17(29-13)21(2)19(27)24(20(28)22-21)12-16(25)14-6-8-15(9-7-14)23-11-3-4-18(23)26/h5-10H,3-4,11-12H2,1-2H3,(H,22,28). The zero-order valence-electron chi connectivity index (χ0n) is 16.2. The summed E-state index contributed by atoms with van der Waals surface area (Å²) in [6, 6.07) is 9.33. The third-order valence-electron chi connectivity index (χ3n) is 5.38. The minimum absolute atomic E-state index is 0.0656. The van der Waals surface area contributed by atoms with Gasteiger partial charge in [0.05, 0.1) is 6.54 Å². The van der Waals surface area contributed by atoms with E-state index in [1.807, 2.05) is 0 Å². The molecule has 8 nitrogen and oxygen atoms in total. The van der Waals surface area contributed by atoms with Crippen molar-refractivity contribution >= 4 is 29.3 Å². The van der Waals surface area contributed by atoms with Crippen LogP contribution in [0.1, 0.15) is 41.6 Å². The highest BCUT2D eigenvalue weighted by atomic mass is 16.3. The van der Waals surface area contributed by atoms with Gasteiger partial charge in [-0.15, -0.1) is 0 Å². The molecule has 3 heterocycles. The van der Waals surface area contributed by atoms with Crippen molar-refractivity contribution in [2.75, 3.05) is 18.0 Å². The lowest BCUT2D eigenvalue weighted by Gasteiger charge is -2.19. The number of aryl methyl sites for hydroxylation is 1. The van der Waals surface area contributed by atoms with Crippen molar-refractivity contribution in [1.29, 1.82) is 0 Å². The summed E-state index contributed by atoms with van der Waals surface area (Å²) in [4.78, 5) is 52.3. The zero-order chi connectivity index (χ0) is 20.8. The van der Waals surface area contributed by atoms with E-state index in [0.717, 1.165) is 17.0 Å². The smallest absolute Gasteiger partial charge is 0.325 e. The van der Waals surface area contributed by atoms with E-state index in [2.05, 4.69) is 5.32 Å². The second kappa shape index (κ2) is 6.88. The lowest BCUT2D eigenvalue weighted by atomic mass is 9.99. The molecule has 1 atom stereocenters. The summed E-state index contributed by atoms with van der Waals surface area (Å²) in [7, 11) is 0. The Balaban J connectivity index is 1.49. The fourth-order valence-corrected chi connectivity index (χ4v) is 3.69. The molecule has 1 N–H and O–H groups in total. The van der Waals surface area contributed by atoms with Crippen LogP contribution in [0, 0.1) is 6.92 Å².